The molecule has 0 aliphatic rings. The van der Waals surface area contributed by atoms with Gasteiger partial charge in [-0.15, -0.1) is 0 Å². The van der Waals surface area contributed by atoms with E-state index in [4.69, 9.17) is 9.11 Å². The molecule has 1 aromatic heterocycles. The van der Waals surface area contributed by atoms with Crippen molar-refractivity contribution in [3.63, 3.8) is 0 Å². The summed E-state index contributed by atoms with van der Waals surface area (Å²) in [5.74, 6) is 0. The number of hydrogen-bond acceptors (Lipinski definition) is 5. The van der Waals surface area contributed by atoms with Crippen LogP contribution >= 0.6 is 0 Å². The second-order valence-electron chi connectivity index (χ2n) is 3.81. The van der Waals surface area contributed by atoms with Crippen molar-refractivity contribution in [3.05, 3.63) is 30.6 Å². The predicted octanol–water partition coefficient (Wildman–Crippen LogP) is 0.581. The van der Waals surface area contributed by atoms with Crippen molar-refractivity contribution < 1.29 is 25.9 Å². The summed E-state index contributed by atoms with van der Waals surface area (Å²) >= 11 is 0. The van der Waals surface area contributed by atoms with E-state index < -0.39 is 20.2 Å². The van der Waals surface area contributed by atoms with Gasteiger partial charge in [-0.2, -0.15) is 16.8 Å². The molecule has 0 amide bonds. The Labute approximate surface area is 117 Å². The quantitative estimate of drug-likeness (QED) is 0.679. The Kier molecular flexibility index (Phi) is 6.79. The van der Waals surface area contributed by atoms with E-state index in [0.29, 0.717) is 12.5 Å². The summed E-state index contributed by atoms with van der Waals surface area (Å²) in [6, 6.07) is 8.08. The van der Waals surface area contributed by atoms with Crippen molar-refractivity contribution >= 4 is 31.3 Å². The number of aromatic nitrogens is 2. The van der Waals surface area contributed by atoms with Crippen LogP contribution in [0.25, 0.3) is 11.0 Å². The summed E-state index contributed by atoms with van der Waals surface area (Å²) in [5, 5.41) is 0. The Hall–Kier alpha value is -1.49. The molecule has 0 saturated heterocycles. The molecule has 0 bridgehead atoms. The lowest BCUT2D eigenvalue weighted by Crippen LogP contribution is -1.88. The van der Waals surface area contributed by atoms with E-state index in [2.05, 4.69) is 11.1 Å². The van der Waals surface area contributed by atoms with E-state index in [1.54, 1.807) is 0 Å². The second kappa shape index (κ2) is 7.33. The van der Waals surface area contributed by atoms with E-state index >= 15 is 0 Å². The van der Waals surface area contributed by atoms with Gasteiger partial charge in [-0.3, -0.25) is 9.11 Å². The molecule has 2 N–H and O–H groups in total. The van der Waals surface area contributed by atoms with E-state index in [-0.39, 0.29) is 0 Å². The highest BCUT2D eigenvalue weighted by Gasteiger charge is 1.93. The Balaban J connectivity index is 0.000000310. The molecule has 2 rings (SSSR count). The van der Waals surface area contributed by atoms with Crippen molar-refractivity contribution in [3.8, 4) is 0 Å². The maximum absolute atomic E-state index is 9.19. The van der Waals surface area contributed by atoms with E-state index in [1.807, 2.05) is 36.1 Å². The van der Waals surface area contributed by atoms with Crippen LogP contribution in [0.3, 0.4) is 0 Å². The molecule has 20 heavy (non-hydrogen) atoms. The third kappa shape index (κ3) is 11.6. The number of hydrogen-bond donors (Lipinski definition) is 2. The van der Waals surface area contributed by atoms with Crippen molar-refractivity contribution in [1.29, 1.82) is 0 Å². The van der Waals surface area contributed by atoms with Crippen LogP contribution in [0.4, 0.5) is 0 Å². The van der Waals surface area contributed by atoms with E-state index in [1.165, 1.54) is 5.52 Å². The zero-order chi connectivity index (χ0) is 16.0. The normalized spacial score (nSPS) is 11.1. The van der Waals surface area contributed by atoms with Gasteiger partial charge in [-0.1, -0.05) is 12.1 Å². The van der Waals surface area contributed by atoms with Gasteiger partial charge < -0.3 is 4.57 Å². The maximum atomic E-state index is 9.19. The fourth-order valence-electron chi connectivity index (χ4n) is 1.08. The third-order valence-electron chi connectivity index (χ3n) is 1.63. The predicted molar refractivity (Wildman–Crippen MR) is 75.7 cm³/mol. The van der Waals surface area contributed by atoms with Crippen LogP contribution in [0.5, 0.6) is 0 Å². The first-order valence-corrected chi connectivity index (χ1v) is 8.78. The highest BCUT2D eigenvalue weighted by atomic mass is 32.2. The highest BCUT2D eigenvalue weighted by Crippen LogP contribution is 2.08. The van der Waals surface area contributed by atoms with E-state index in [9.17, 15) is 16.8 Å². The van der Waals surface area contributed by atoms with Gasteiger partial charge in [-0.05, 0) is 12.1 Å². The molecule has 0 spiro atoms. The smallest absolute Gasteiger partial charge is 0.261 e. The Morgan fingerprint density at radius 2 is 1.40 bits per heavy atom. The fraction of sp³-hybridized carbons (Fsp3) is 0.300. The summed E-state index contributed by atoms with van der Waals surface area (Å²) in [6.45, 7) is 0. The van der Waals surface area contributed by atoms with Gasteiger partial charge in [0.25, 0.3) is 20.2 Å². The van der Waals surface area contributed by atoms with Crippen LogP contribution < -0.4 is 0 Å². The van der Waals surface area contributed by atoms with Crippen LogP contribution in [0.2, 0.25) is 0 Å². The molecule has 8 nitrogen and oxygen atoms in total. The van der Waals surface area contributed by atoms with Gasteiger partial charge in [0, 0.05) is 7.05 Å². The monoisotopic (exact) mass is 324 g/mol. The molecule has 2 aromatic rings. The Morgan fingerprint density at radius 1 is 1.00 bits per heavy atom. The summed E-state index contributed by atoms with van der Waals surface area (Å²) in [4.78, 5) is 4.18. The molecule has 1 aromatic carbocycles. The van der Waals surface area contributed by atoms with Gasteiger partial charge in [-0.25, -0.2) is 4.98 Å². The number of benzene rings is 1. The third-order valence-corrected chi connectivity index (χ3v) is 1.63. The first kappa shape index (κ1) is 18.5. The molecular formula is C10H16N2O6S2. The van der Waals surface area contributed by atoms with Crippen LogP contribution in [0, 0.1) is 0 Å². The lowest BCUT2D eigenvalue weighted by atomic mass is 10.3. The second-order valence-corrected chi connectivity index (χ2v) is 6.74. The lowest BCUT2D eigenvalue weighted by Gasteiger charge is -1.90. The maximum Gasteiger partial charge on any atom is 0.261 e. The molecule has 0 aliphatic heterocycles. The van der Waals surface area contributed by atoms with E-state index in [0.717, 1.165) is 5.52 Å². The number of aryl methyl sites for hydroxylation is 1. The standard InChI is InChI=1S/C8H8N2.2CH4O3S/c1-10-6-9-7-4-2-3-5-8(7)10;2*1-5(2,3)4/h2-6H,1H3;2*1H3,(H,2,3,4). The van der Waals surface area contributed by atoms with Gasteiger partial charge in [0.2, 0.25) is 0 Å². The van der Waals surface area contributed by atoms with Crippen molar-refractivity contribution in [1.82, 2.24) is 9.55 Å². The SMILES string of the molecule is CS(=O)(=O)O.CS(=O)(=O)O.Cn1cnc2ccccc21. The number of nitrogens with zero attached hydrogens (tertiary/aromatic N) is 2. The molecule has 0 unspecified atom stereocenters. The summed E-state index contributed by atoms with van der Waals surface area (Å²) < 4.78 is 53.7. The minimum absolute atomic E-state index is 0.715. The van der Waals surface area contributed by atoms with Crippen LogP contribution in [0.15, 0.2) is 30.6 Å². The zero-order valence-corrected chi connectivity index (χ0v) is 12.8. The summed E-state index contributed by atoms with van der Waals surface area (Å²) in [6.07, 6.45) is 3.25. The average Bonchev–Trinajstić information content (AvgIpc) is 2.56. The first-order chi connectivity index (χ1) is 8.88. The topological polar surface area (TPSA) is 127 Å². The molecule has 0 aliphatic carbocycles. The number of para-hydroxylation sites is 2. The van der Waals surface area contributed by atoms with Gasteiger partial charge in [0.1, 0.15) is 0 Å². The lowest BCUT2D eigenvalue weighted by molar-refractivity contribution is 0.488. The number of fused-ring (bicyclic) bond motifs is 1. The molecule has 0 saturated carbocycles. The number of rotatable bonds is 0. The van der Waals surface area contributed by atoms with Gasteiger partial charge in [0.05, 0.1) is 29.9 Å². The Morgan fingerprint density at radius 3 is 1.80 bits per heavy atom. The zero-order valence-electron chi connectivity index (χ0n) is 11.1. The number of imidazole rings is 1. The largest absolute Gasteiger partial charge is 0.334 e. The minimum atomic E-state index is -3.67. The van der Waals surface area contributed by atoms with Crippen LogP contribution in [-0.4, -0.2) is 48.0 Å². The molecule has 10 heteroatoms. The molecule has 114 valence electrons. The summed E-state index contributed by atoms with van der Waals surface area (Å²) in [5.41, 5.74) is 2.24. The van der Waals surface area contributed by atoms with Crippen LogP contribution in [0.1, 0.15) is 0 Å². The van der Waals surface area contributed by atoms with Crippen LogP contribution in [-0.2, 0) is 27.3 Å². The van der Waals surface area contributed by atoms with Gasteiger partial charge in [0.15, 0.2) is 0 Å². The van der Waals surface area contributed by atoms with Crippen molar-refractivity contribution in [2.75, 3.05) is 12.5 Å². The molecule has 0 atom stereocenters. The highest BCUT2D eigenvalue weighted by molar-refractivity contribution is 7.85. The molecule has 1 heterocycles. The first-order valence-electron chi connectivity index (χ1n) is 5.09. The van der Waals surface area contributed by atoms with Crippen molar-refractivity contribution in [2.45, 2.75) is 0 Å². The molecular weight excluding hydrogens is 308 g/mol. The summed E-state index contributed by atoms with van der Waals surface area (Å²) in [7, 11) is -5.34. The van der Waals surface area contributed by atoms with Crippen molar-refractivity contribution in [2.24, 2.45) is 7.05 Å². The molecule has 0 radical (unpaired) electrons. The Bertz CT molecular complexity index is 703. The van der Waals surface area contributed by atoms with Gasteiger partial charge >= 0.3 is 0 Å². The fourth-order valence-corrected chi connectivity index (χ4v) is 1.08. The molecule has 0 fully saturated rings. The average molecular weight is 324 g/mol. The minimum Gasteiger partial charge on any atom is -0.334 e.